The third-order valence-corrected chi connectivity index (χ3v) is 2.57. The Morgan fingerprint density at radius 2 is 1.96 bits per heavy atom. The minimum atomic E-state index is -0.842. The van der Waals surface area contributed by atoms with Crippen molar-refractivity contribution in [1.29, 1.82) is 0 Å². The Kier molecular flexibility index (Phi) is 7.25. The molecule has 124 valence electrons. The highest BCUT2D eigenvalue weighted by molar-refractivity contribution is 6.18. The molecule has 0 amide bonds. The number of esters is 1. The molecule has 3 N–H and O–H groups in total. The number of aliphatic hydroxyl groups is 1. The number of aliphatic hydroxyl groups excluding tert-OH is 1. The lowest BCUT2D eigenvalue weighted by molar-refractivity contribution is -0.138. The van der Waals surface area contributed by atoms with Crippen molar-refractivity contribution in [1.82, 2.24) is 4.98 Å². The number of aromatic nitrogens is 1. The van der Waals surface area contributed by atoms with Gasteiger partial charge >= 0.3 is 5.97 Å². The monoisotopic (exact) mass is 320 g/mol. The molecule has 0 aliphatic heterocycles. The summed E-state index contributed by atoms with van der Waals surface area (Å²) in [7, 11) is 0. The van der Waals surface area contributed by atoms with E-state index in [-0.39, 0.29) is 24.6 Å². The molecule has 0 fully saturated rings. The van der Waals surface area contributed by atoms with E-state index in [0.29, 0.717) is 11.4 Å². The van der Waals surface area contributed by atoms with Gasteiger partial charge in [-0.3, -0.25) is 4.98 Å². The molecule has 1 aromatic rings. The fraction of sp³-hybridized carbons (Fsp3) is 0.333. The van der Waals surface area contributed by atoms with Crippen LogP contribution in [0.2, 0.25) is 0 Å². The van der Waals surface area contributed by atoms with Crippen LogP contribution >= 0.6 is 0 Å². The summed E-state index contributed by atoms with van der Waals surface area (Å²) in [5.74, 6) is -1.81. The summed E-state index contributed by atoms with van der Waals surface area (Å²) >= 11 is 0. The summed E-state index contributed by atoms with van der Waals surface area (Å²) in [4.78, 5) is 16.0. The minimum absolute atomic E-state index is 0.116. The SMILES string of the molecule is CCOC(=O)C(/C(N)=N\N=C(/C)c1ccccn1)=C(\O)OCC. The lowest BCUT2D eigenvalue weighted by Crippen LogP contribution is -2.25. The number of carbonyl (C=O) groups excluding carboxylic acids is 1. The zero-order valence-corrected chi connectivity index (χ0v) is 13.3. The van der Waals surface area contributed by atoms with Crippen molar-refractivity contribution < 1.29 is 19.4 Å². The van der Waals surface area contributed by atoms with Gasteiger partial charge in [-0.25, -0.2) is 4.79 Å². The van der Waals surface area contributed by atoms with E-state index in [0.717, 1.165) is 0 Å². The molecule has 0 radical (unpaired) electrons. The standard InChI is InChI=1S/C15H20N4O4/c1-4-22-14(20)12(15(21)23-5-2)13(16)19-18-10(3)11-8-6-7-9-17-11/h6-9,20H,4-5H2,1-3H3,(H2,16,19)/b14-12+,18-10+. The normalized spacial score (nSPS) is 13.3. The van der Waals surface area contributed by atoms with Crippen LogP contribution < -0.4 is 5.73 Å². The average molecular weight is 320 g/mol. The van der Waals surface area contributed by atoms with Gasteiger partial charge in [0.05, 0.1) is 24.6 Å². The smallest absolute Gasteiger partial charge is 0.349 e. The highest BCUT2D eigenvalue weighted by Crippen LogP contribution is 2.08. The maximum atomic E-state index is 11.9. The lowest BCUT2D eigenvalue weighted by atomic mass is 10.2. The summed E-state index contributed by atoms with van der Waals surface area (Å²) in [6.07, 6.45) is 1.62. The van der Waals surface area contributed by atoms with Crippen LogP contribution in [0.1, 0.15) is 26.5 Å². The van der Waals surface area contributed by atoms with Crippen molar-refractivity contribution in [2.45, 2.75) is 20.8 Å². The molecule has 1 aromatic heterocycles. The predicted molar refractivity (Wildman–Crippen MR) is 86.0 cm³/mol. The van der Waals surface area contributed by atoms with Gasteiger partial charge in [0, 0.05) is 6.20 Å². The van der Waals surface area contributed by atoms with Crippen LogP contribution in [0.15, 0.2) is 46.1 Å². The van der Waals surface area contributed by atoms with Gasteiger partial charge in [-0.1, -0.05) is 6.07 Å². The van der Waals surface area contributed by atoms with Crippen LogP contribution in [0, 0.1) is 0 Å². The molecule has 23 heavy (non-hydrogen) atoms. The van der Waals surface area contributed by atoms with Gasteiger partial charge in [-0.05, 0) is 32.9 Å². The summed E-state index contributed by atoms with van der Waals surface area (Å²) in [5.41, 5.74) is 6.47. The second kappa shape index (κ2) is 9.19. The number of rotatable bonds is 7. The van der Waals surface area contributed by atoms with Crippen molar-refractivity contribution in [2.75, 3.05) is 13.2 Å². The third kappa shape index (κ3) is 5.42. The number of carbonyl (C=O) groups is 1. The number of amidine groups is 1. The topological polar surface area (TPSA) is 119 Å². The molecule has 0 unspecified atom stereocenters. The molecule has 0 aliphatic carbocycles. The Hall–Kier alpha value is -2.90. The van der Waals surface area contributed by atoms with E-state index in [1.807, 2.05) is 0 Å². The Bertz CT molecular complexity index is 624. The number of hydrogen-bond donors (Lipinski definition) is 2. The molecular formula is C15H20N4O4. The molecule has 8 heteroatoms. The average Bonchev–Trinajstić information content (AvgIpc) is 2.54. The number of ether oxygens (including phenoxy) is 2. The maximum absolute atomic E-state index is 11.9. The summed E-state index contributed by atoms with van der Waals surface area (Å²) in [6, 6.07) is 5.33. The van der Waals surface area contributed by atoms with E-state index in [1.54, 1.807) is 45.2 Å². The van der Waals surface area contributed by atoms with Gasteiger partial charge in [-0.15, -0.1) is 5.10 Å². The molecular weight excluding hydrogens is 300 g/mol. The van der Waals surface area contributed by atoms with E-state index in [4.69, 9.17) is 15.2 Å². The van der Waals surface area contributed by atoms with E-state index in [9.17, 15) is 9.90 Å². The van der Waals surface area contributed by atoms with Crippen molar-refractivity contribution in [3.05, 3.63) is 41.6 Å². The van der Waals surface area contributed by atoms with Crippen molar-refractivity contribution >= 4 is 17.5 Å². The van der Waals surface area contributed by atoms with Gasteiger partial charge in [0.2, 0.25) is 0 Å². The molecule has 0 saturated carbocycles. The number of nitrogens with zero attached hydrogens (tertiary/aromatic N) is 3. The van der Waals surface area contributed by atoms with Crippen LogP contribution in [0.25, 0.3) is 0 Å². The minimum Gasteiger partial charge on any atom is -0.480 e. The Balaban J connectivity index is 3.11. The summed E-state index contributed by atoms with van der Waals surface area (Å²) in [5, 5.41) is 17.5. The molecule has 0 saturated heterocycles. The van der Waals surface area contributed by atoms with E-state index >= 15 is 0 Å². The number of nitrogens with two attached hydrogens (primary N) is 1. The van der Waals surface area contributed by atoms with Gasteiger partial charge in [-0.2, -0.15) is 5.10 Å². The molecule has 0 aromatic carbocycles. The molecule has 0 atom stereocenters. The maximum Gasteiger partial charge on any atom is 0.349 e. The number of pyridine rings is 1. The Labute approximate surface area is 134 Å². The van der Waals surface area contributed by atoms with Crippen molar-refractivity contribution in [3.63, 3.8) is 0 Å². The zero-order valence-electron chi connectivity index (χ0n) is 13.3. The first-order chi connectivity index (χ1) is 11.0. The lowest BCUT2D eigenvalue weighted by Gasteiger charge is -2.08. The third-order valence-electron chi connectivity index (χ3n) is 2.57. The van der Waals surface area contributed by atoms with Gasteiger partial charge < -0.3 is 20.3 Å². The van der Waals surface area contributed by atoms with Crippen LogP contribution in [-0.2, 0) is 14.3 Å². The summed E-state index contributed by atoms with van der Waals surface area (Å²) < 4.78 is 9.72. The quantitative estimate of drug-likeness (QED) is 0.196. The first-order valence-corrected chi connectivity index (χ1v) is 7.03. The van der Waals surface area contributed by atoms with Crippen molar-refractivity contribution in [2.24, 2.45) is 15.9 Å². The van der Waals surface area contributed by atoms with E-state index in [2.05, 4.69) is 15.2 Å². The predicted octanol–water partition coefficient (Wildman–Crippen LogP) is 1.53. The second-order valence-corrected chi connectivity index (χ2v) is 4.22. The van der Waals surface area contributed by atoms with Crippen molar-refractivity contribution in [3.8, 4) is 0 Å². The molecule has 0 aliphatic rings. The van der Waals surface area contributed by atoms with Gasteiger partial charge in [0.1, 0.15) is 0 Å². The van der Waals surface area contributed by atoms with Crippen LogP contribution in [0.4, 0.5) is 0 Å². The van der Waals surface area contributed by atoms with Crippen LogP contribution in [-0.4, -0.2) is 40.8 Å². The molecule has 1 heterocycles. The first kappa shape index (κ1) is 18.1. The fourth-order valence-electron chi connectivity index (χ4n) is 1.52. The Morgan fingerprint density at radius 3 is 2.52 bits per heavy atom. The zero-order chi connectivity index (χ0) is 17.2. The van der Waals surface area contributed by atoms with E-state index in [1.165, 1.54) is 0 Å². The fourth-order valence-corrected chi connectivity index (χ4v) is 1.52. The Morgan fingerprint density at radius 1 is 1.26 bits per heavy atom. The largest absolute Gasteiger partial charge is 0.480 e. The molecule has 0 bridgehead atoms. The second-order valence-electron chi connectivity index (χ2n) is 4.22. The van der Waals surface area contributed by atoms with Crippen LogP contribution in [0.3, 0.4) is 0 Å². The molecule has 0 spiro atoms. The summed E-state index contributed by atoms with van der Waals surface area (Å²) in [6.45, 7) is 5.23. The first-order valence-electron chi connectivity index (χ1n) is 7.03. The molecule has 1 rings (SSSR count). The van der Waals surface area contributed by atoms with Gasteiger partial charge in [0.25, 0.3) is 5.95 Å². The number of hydrogen-bond acceptors (Lipinski definition) is 7. The van der Waals surface area contributed by atoms with E-state index < -0.39 is 11.9 Å². The highest BCUT2D eigenvalue weighted by atomic mass is 16.6. The molecule has 8 nitrogen and oxygen atoms in total. The highest BCUT2D eigenvalue weighted by Gasteiger charge is 2.22. The van der Waals surface area contributed by atoms with Crippen LogP contribution in [0.5, 0.6) is 0 Å². The van der Waals surface area contributed by atoms with Gasteiger partial charge in [0.15, 0.2) is 11.4 Å².